The molecule has 2 aromatic carbocycles. The number of anilines is 1. The summed E-state index contributed by atoms with van der Waals surface area (Å²) in [6, 6.07) is 17.4. The van der Waals surface area contributed by atoms with E-state index >= 15 is 0 Å². The van der Waals surface area contributed by atoms with Crippen molar-refractivity contribution in [3.63, 3.8) is 0 Å². The van der Waals surface area contributed by atoms with Crippen LogP contribution in [0.3, 0.4) is 0 Å². The highest BCUT2D eigenvalue weighted by atomic mass is 32.2. The zero-order valence-electron chi connectivity index (χ0n) is 17.7. The van der Waals surface area contributed by atoms with Gasteiger partial charge >= 0.3 is 0 Å². The van der Waals surface area contributed by atoms with E-state index in [4.69, 9.17) is 14.4 Å². The van der Waals surface area contributed by atoms with E-state index in [1.807, 2.05) is 62.4 Å². The number of hydrogen-bond acceptors (Lipinski definition) is 7. The molecule has 7 nitrogen and oxygen atoms in total. The molecule has 1 amide bonds. The SMILES string of the molecule is Cc1ccc(N(CCC#N)C(=O)C(C)Sc2nnc(COc3cccc(C)c3)o2)cc1. The molecule has 0 saturated carbocycles. The third-order valence-corrected chi connectivity index (χ3v) is 5.41. The quantitative estimate of drug-likeness (QED) is 0.449. The molecule has 0 aliphatic carbocycles. The fraction of sp³-hybridized carbons (Fsp3) is 0.304. The van der Waals surface area contributed by atoms with Crippen LogP contribution in [0, 0.1) is 25.2 Å². The number of nitriles is 1. The molecular weight excluding hydrogens is 412 g/mol. The first-order valence-electron chi connectivity index (χ1n) is 9.90. The van der Waals surface area contributed by atoms with Crippen molar-refractivity contribution in [3.05, 3.63) is 65.5 Å². The molecule has 0 aliphatic heterocycles. The van der Waals surface area contributed by atoms with Gasteiger partial charge in [0.05, 0.1) is 17.7 Å². The lowest BCUT2D eigenvalue weighted by molar-refractivity contribution is -0.117. The van der Waals surface area contributed by atoms with Crippen LogP contribution in [-0.4, -0.2) is 27.9 Å². The molecule has 31 heavy (non-hydrogen) atoms. The molecule has 0 N–H and O–H groups in total. The van der Waals surface area contributed by atoms with Crippen LogP contribution in [0.2, 0.25) is 0 Å². The van der Waals surface area contributed by atoms with Gasteiger partial charge in [-0.1, -0.05) is 41.6 Å². The van der Waals surface area contributed by atoms with E-state index in [1.165, 1.54) is 11.8 Å². The molecule has 0 aliphatic rings. The van der Waals surface area contributed by atoms with Crippen LogP contribution in [0.4, 0.5) is 5.69 Å². The molecule has 0 radical (unpaired) electrons. The van der Waals surface area contributed by atoms with Crippen molar-refractivity contribution < 1.29 is 13.9 Å². The Morgan fingerprint density at radius 1 is 1.19 bits per heavy atom. The van der Waals surface area contributed by atoms with Crippen molar-refractivity contribution in [2.45, 2.75) is 44.3 Å². The predicted octanol–water partition coefficient (Wildman–Crippen LogP) is 4.69. The van der Waals surface area contributed by atoms with Crippen LogP contribution in [-0.2, 0) is 11.4 Å². The summed E-state index contributed by atoms with van der Waals surface area (Å²) in [6.45, 7) is 6.23. The normalized spacial score (nSPS) is 11.5. The van der Waals surface area contributed by atoms with Crippen molar-refractivity contribution in [3.8, 4) is 11.8 Å². The molecule has 0 fully saturated rings. The molecule has 0 saturated heterocycles. The van der Waals surface area contributed by atoms with Gasteiger partial charge in [-0.15, -0.1) is 10.2 Å². The third-order valence-electron chi connectivity index (χ3n) is 4.48. The number of benzene rings is 2. The second-order valence-electron chi connectivity index (χ2n) is 7.06. The van der Waals surface area contributed by atoms with Gasteiger partial charge in [-0.25, -0.2) is 0 Å². The fourth-order valence-electron chi connectivity index (χ4n) is 2.87. The van der Waals surface area contributed by atoms with Gasteiger partial charge in [-0.05, 0) is 50.6 Å². The number of ether oxygens (including phenoxy) is 1. The standard InChI is InChI=1S/C23H24N4O3S/c1-16-8-10-19(11-9-16)27(13-5-12-24)22(28)18(3)31-23-26-25-21(30-23)15-29-20-7-4-6-17(2)14-20/h4,6-11,14,18H,5,13,15H2,1-3H3. The molecule has 0 spiro atoms. The van der Waals surface area contributed by atoms with Gasteiger partial charge in [0, 0.05) is 12.2 Å². The van der Waals surface area contributed by atoms with Gasteiger partial charge in [-0.3, -0.25) is 4.79 Å². The van der Waals surface area contributed by atoms with Crippen LogP contribution in [0.25, 0.3) is 0 Å². The number of hydrogen-bond donors (Lipinski definition) is 0. The lowest BCUT2D eigenvalue weighted by atomic mass is 10.2. The zero-order chi connectivity index (χ0) is 22.2. The van der Waals surface area contributed by atoms with Crippen molar-refractivity contribution >= 4 is 23.4 Å². The van der Waals surface area contributed by atoms with Crippen LogP contribution in [0.1, 0.15) is 30.4 Å². The van der Waals surface area contributed by atoms with Gasteiger partial charge in [0.25, 0.3) is 11.1 Å². The molecule has 1 heterocycles. The highest BCUT2D eigenvalue weighted by Crippen LogP contribution is 2.26. The molecule has 1 unspecified atom stereocenters. The maximum Gasteiger partial charge on any atom is 0.277 e. The van der Waals surface area contributed by atoms with E-state index in [-0.39, 0.29) is 18.9 Å². The van der Waals surface area contributed by atoms with E-state index < -0.39 is 5.25 Å². The Labute approximate surface area is 186 Å². The summed E-state index contributed by atoms with van der Waals surface area (Å²) in [5.41, 5.74) is 2.96. The van der Waals surface area contributed by atoms with Crippen LogP contribution in [0.5, 0.6) is 5.75 Å². The Balaban J connectivity index is 1.62. The van der Waals surface area contributed by atoms with Crippen molar-refractivity contribution in [2.24, 2.45) is 0 Å². The Morgan fingerprint density at radius 2 is 1.97 bits per heavy atom. The number of amides is 1. The summed E-state index contributed by atoms with van der Waals surface area (Å²) in [4.78, 5) is 14.7. The predicted molar refractivity (Wildman–Crippen MR) is 119 cm³/mol. The summed E-state index contributed by atoms with van der Waals surface area (Å²) in [5.74, 6) is 0.936. The van der Waals surface area contributed by atoms with Gasteiger partial charge < -0.3 is 14.1 Å². The maximum absolute atomic E-state index is 13.1. The summed E-state index contributed by atoms with van der Waals surface area (Å²) in [5, 5.41) is 16.8. The monoisotopic (exact) mass is 436 g/mol. The Hall–Kier alpha value is -3.31. The third kappa shape index (κ3) is 6.33. The minimum atomic E-state index is -0.467. The number of thioether (sulfide) groups is 1. The Morgan fingerprint density at radius 3 is 2.68 bits per heavy atom. The number of aryl methyl sites for hydroxylation is 2. The average Bonchev–Trinajstić information content (AvgIpc) is 3.21. The fourth-order valence-corrected chi connectivity index (χ4v) is 3.63. The van der Waals surface area contributed by atoms with Crippen molar-refractivity contribution in [2.75, 3.05) is 11.4 Å². The molecule has 8 heteroatoms. The van der Waals surface area contributed by atoms with E-state index in [9.17, 15) is 4.79 Å². The maximum atomic E-state index is 13.1. The lowest BCUT2D eigenvalue weighted by Gasteiger charge is -2.24. The highest BCUT2D eigenvalue weighted by molar-refractivity contribution is 8.00. The van der Waals surface area contributed by atoms with E-state index in [1.54, 1.807) is 11.8 Å². The number of carbonyl (C=O) groups excluding carboxylic acids is 1. The minimum absolute atomic E-state index is 0.125. The van der Waals surface area contributed by atoms with Gasteiger partial charge in [0.2, 0.25) is 5.91 Å². The molecule has 0 bridgehead atoms. The Bertz CT molecular complexity index is 1060. The van der Waals surface area contributed by atoms with Gasteiger partial charge in [-0.2, -0.15) is 5.26 Å². The smallest absolute Gasteiger partial charge is 0.277 e. The Kier molecular flexibility index (Phi) is 7.68. The summed E-state index contributed by atoms with van der Waals surface area (Å²) in [6.07, 6.45) is 0.248. The van der Waals surface area contributed by atoms with Crippen molar-refractivity contribution in [1.29, 1.82) is 5.26 Å². The van der Waals surface area contributed by atoms with Crippen LogP contribution in [0.15, 0.2) is 58.2 Å². The number of rotatable bonds is 9. The van der Waals surface area contributed by atoms with E-state index in [0.717, 1.165) is 22.6 Å². The molecule has 160 valence electrons. The molecular formula is C23H24N4O3S. The van der Waals surface area contributed by atoms with Gasteiger partial charge in [0.1, 0.15) is 5.75 Å². The first-order chi connectivity index (χ1) is 15.0. The molecule has 1 aromatic heterocycles. The number of carbonyl (C=O) groups is 1. The van der Waals surface area contributed by atoms with E-state index in [0.29, 0.717) is 17.7 Å². The highest BCUT2D eigenvalue weighted by Gasteiger charge is 2.25. The van der Waals surface area contributed by atoms with Gasteiger partial charge in [0.15, 0.2) is 6.61 Å². The first-order valence-corrected chi connectivity index (χ1v) is 10.8. The zero-order valence-corrected chi connectivity index (χ0v) is 18.6. The molecule has 3 rings (SSSR count). The van der Waals surface area contributed by atoms with Crippen molar-refractivity contribution in [1.82, 2.24) is 10.2 Å². The summed E-state index contributed by atoms with van der Waals surface area (Å²) < 4.78 is 11.3. The first kappa shape index (κ1) is 22.4. The largest absolute Gasteiger partial charge is 0.484 e. The minimum Gasteiger partial charge on any atom is -0.484 e. The second-order valence-corrected chi connectivity index (χ2v) is 8.35. The van der Waals surface area contributed by atoms with Crippen LogP contribution >= 0.6 is 11.8 Å². The number of nitrogens with zero attached hydrogens (tertiary/aromatic N) is 4. The summed E-state index contributed by atoms with van der Waals surface area (Å²) >= 11 is 1.19. The summed E-state index contributed by atoms with van der Waals surface area (Å²) in [7, 11) is 0. The van der Waals surface area contributed by atoms with Crippen LogP contribution < -0.4 is 9.64 Å². The molecule has 1 atom stereocenters. The van der Waals surface area contributed by atoms with E-state index in [2.05, 4.69) is 16.3 Å². The number of aromatic nitrogens is 2. The second kappa shape index (κ2) is 10.6. The lowest BCUT2D eigenvalue weighted by Crippen LogP contribution is -2.37. The molecule has 3 aromatic rings. The topological polar surface area (TPSA) is 92.2 Å². The average molecular weight is 437 g/mol.